The van der Waals surface area contributed by atoms with Gasteiger partial charge in [0.15, 0.2) is 11.6 Å². The quantitative estimate of drug-likeness (QED) is 0.173. The Labute approximate surface area is 222 Å². The number of nitrogens with one attached hydrogen (secondary N) is 3. The number of aromatic nitrogens is 4. The molecule has 2 heterocycles. The molecule has 5 rings (SSSR count). The van der Waals surface area contributed by atoms with Crippen LogP contribution in [0.25, 0.3) is 16.7 Å². The van der Waals surface area contributed by atoms with Gasteiger partial charge in [0.1, 0.15) is 28.8 Å². The molecule has 0 fully saturated rings. The summed E-state index contributed by atoms with van der Waals surface area (Å²) in [5.74, 6) is 0.663. The lowest BCUT2D eigenvalue weighted by molar-refractivity contribution is 0.102. The highest BCUT2D eigenvalue weighted by atomic mass is 16.5. The van der Waals surface area contributed by atoms with Gasteiger partial charge in [-0.1, -0.05) is 12.1 Å². The molecule has 12 heteroatoms. The molecule has 0 aliphatic heterocycles. The number of hydrogen-bond donors (Lipinski definition) is 4. The zero-order chi connectivity index (χ0) is 27.4. The molecule has 0 saturated carbocycles. The van der Waals surface area contributed by atoms with Crippen LogP contribution in [-0.4, -0.2) is 45.0 Å². The van der Waals surface area contributed by atoms with Gasteiger partial charge in [-0.2, -0.15) is 15.0 Å². The van der Waals surface area contributed by atoms with Crippen LogP contribution in [0.2, 0.25) is 0 Å². The minimum absolute atomic E-state index is 0.0104. The lowest BCUT2D eigenvalue weighted by Gasteiger charge is -2.18. The van der Waals surface area contributed by atoms with Crippen LogP contribution in [0.4, 0.5) is 17.2 Å². The number of ether oxygens (including phenoxy) is 2. The molecular weight excluding hydrogens is 500 g/mol. The first-order valence-electron chi connectivity index (χ1n) is 11.6. The molecular formula is C27H22N8O4. The fourth-order valence-corrected chi connectivity index (χ4v) is 3.98. The normalized spacial score (nSPS) is 10.5. The highest BCUT2D eigenvalue weighted by Crippen LogP contribution is 2.41. The molecule has 39 heavy (non-hydrogen) atoms. The molecule has 0 aliphatic carbocycles. The Kier molecular flexibility index (Phi) is 6.79. The van der Waals surface area contributed by atoms with Crippen LogP contribution in [0.1, 0.15) is 15.9 Å². The third-order valence-corrected chi connectivity index (χ3v) is 5.85. The number of phenolic OH excluding ortho intramolecular Hbond substituents is 1. The largest absolute Gasteiger partial charge is 0.505 e. The van der Waals surface area contributed by atoms with Gasteiger partial charge in [0, 0.05) is 18.1 Å². The van der Waals surface area contributed by atoms with Crippen molar-refractivity contribution in [3.05, 3.63) is 84.3 Å². The molecule has 1 amide bonds. The number of anilines is 3. The van der Waals surface area contributed by atoms with E-state index in [-0.39, 0.29) is 34.3 Å². The zero-order valence-electron chi connectivity index (χ0n) is 20.8. The molecule has 0 bridgehead atoms. The Bertz CT molecular complexity index is 1700. The van der Waals surface area contributed by atoms with Crippen molar-refractivity contribution in [1.82, 2.24) is 19.7 Å². The van der Waals surface area contributed by atoms with Crippen molar-refractivity contribution in [2.45, 2.75) is 0 Å². The lowest BCUT2D eigenvalue weighted by atomic mass is 10.0. The number of nitriles is 1. The van der Waals surface area contributed by atoms with Gasteiger partial charge in [-0.3, -0.25) is 15.6 Å². The highest BCUT2D eigenvalue weighted by Gasteiger charge is 2.22. The van der Waals surface area contributed by atoms with Crippen LogP contribution in [0.15, 0.2) is 73.2 Å². The van der Waals surface area contributed by atoms with Crippen molar-refractivity contribution in [2.75, 3.05) is 30.4 Å². The maximum atomic E-state index is 13.3. The second-order valence-corrected chi connectivity index (χ2v) is 8.12. The summed E-state index contributed by atoms with van der Waals surface area (Å²) in [5.41, 5.74) is 6.75. The van der Waals surface area contributed by atoms with Crippen LogP contribution in [0.5, 0.6) is 17.2 Å². The molecule has 12 nitrogen and oxygen atoms in total. The number of benzene rings is 3. The molecule has 0 aliphatic rings. The maximum Gasteiger partial charge on any atom is 0.259 e. The summed E-state index contributed by atoms with van der Waals surface area (Å²) in [4.78, 5) is 21.6. The summed E-state index contributed by atoms with van der Waals surface area (Å²) < 4.78 is 12.0. The minimum Gasteiger partial charge on any atom is -0.505 e. The smallest absolute Gasteiger partial charge is 0.259 e. The molecule has 2 aromatic heterocycles. The second-order valence-electron chi connectivity index (χ2n) is 8.12. The van der Waals surface area contributed by atoms with Crippen LogP contribution in [0, 0.1) is 11.3 Å². The number of carbonyl (C=O) groups is 1. The van der Waals surface area contributed by atoms with Crippen LogP contribution >= 0.6 is 0 Å². The first-order valence-corrected chi connectivity index (χ1v) is 11.6. The Hall–Kier alpha value is -5.83. The van der Waals surface area contributed by atoms with E-state index < -0.39 is 5.91 Å². The van der Waals surface area contributed by atoms with E-state index >= 15 is 0 Å². The number of hydrogen-bond acceptors (Lipinski definition) is 10. The predicted molar refractivity (Wildman–Crippen MR) is 144 cm³/mol. The van der Waals surface area contributed by atoms with E-state index in [2.05, 4.69) is 37.3 Å². The Morgan fingerprint density at radius 3 is 2.49 bits per heavy atom. The van der Waals surface area contributed by atoms with Gasteiger partial charge in [-0.25, -0.2) is 9.97 Å². The molecule has 0 atom stereocenters. The Morgan fingerprint density at radius 1 is 1.03 bits per heavy atom. The number of aromatic hydroxyl groups is 1. The van der Waals surface area contributed by atoms with E-state index in [1.807, 2.05) is 0 Å². The maximum absolute atomic E-state index is 13.3. The molecule has 4 N–H and O–H groups in total. The SMILES string of the molecule is COc1ccc(NC(=O)c2cc3cccc(OC)c3c(NNc3c(C#N)cnn3-c3ncccn3)c2O)cc1. The van der Waals surface area contributed by atoms with E-state index in [9.17, 15) is 15.2 Å². The van der Waals surface area contributed by atoms with E-state index in [1.54, 1.807) is 74.1 Å². The van der Waals surface area contributed by atoms with Gasteiger partial charge in [0.2, 0.25) is 0 Å². The number of hydrazine groups is 1. The number of amides is 1. The van der Waals surface area contributed by atoms with Crippen LogP contribution in [0.3, 0.4) is 0 Å². The number of fused-ring (bicyclic) bond motifs is 1. The molecule has 0 spiro atoms. The van der Waals surface area contributed by atoms with E-state index in [4.69, 9.17) is 9.47 Å². The van der Waals surface area contributed by atoms with Crippen LogP contribution in [-0.2, 0) is 0 Å². The molecule has 0 saturated heterocycles. The molecule has 0 radical (unpaired) electrons. The number of nitrogens with zero attached hydrogens (tertiary/aromatic N) is 5. The number of methoxy groups -OCH3 is 2. The van der Waals surface area contributed by atoms with Crippen molar-refractivity contribution in [2.24, 2.45) is 0 Å². The monoisotopic (exact) mass is 522 g/mol. The third kappa shape index (κ3) is 4.79. The standard InChI is InChI=1S/C27H22N8O4/c1-38-19-9-7-18(8-10-19)32-26(37)20-13-16-5-3-6-21(39-2)22(16)23(24(20)36)33-34-25-17(14-28)15-31-35(25)27-29-11-4-12-30-27/h3-13,15,33-34,36H,1-2H3,(H,32,37). The number of phenols is 1. The summed E-state index contributed by atoms with van der Waals surface area (Å²) in [6.45, 7) is 0. The van der Waals surface area contributed by atoms with Gasteiger partial charge in [-0.15, -0.1) is 0 Å². The topological polar surface area (TPSA) is 159 Å². The summed E-state index contributed by atoms with van der Waals surface area (Å²) in [6, 6.07) is 17.4. The molecule has 5 aromatic rings. The first-order chi connectivity index (χ1) is 19.0. The molecule has 3 aromatic carbocycles. The summed E-state index contributed by atoms with van der Waals surface area (Å²) >= 11 is 0. The minimum atomic E-state index is -0.536. The Morgan fingerprint density at radius 2 is 1.79 bits per heavy atom. The number of rotatable bonds is 8. The average molecular weight is 523 g/mol. The van der Waals surface area contributed by atoms with E-state index in [1.165, 1.54) is 18.0 Å². The lowest BCUT2D eigenvalue weighted by Crippen LogP contribution is -2.17. The van der Waals surface area contributed by atoms with Crippen LogP contribution < -0.4 is 25.6 Å². The van der Waals surface area contributed by atoms with Gasteiger partial charge in [-0.05, 0) is 47.9 Å². The third-order valence-electron chi connectivity index (χ3n) is 5.85. The van der Waals surface area contributed by atoms with Gasteiger partial charge in [0.25, 0.3) is 11.9 Å². The fourth-order valence-electron chi connectivity index (χ4n) is 3.98. The summed E-state index contributed by atoms with van der Waals surface area (Å²) in [7, 11) is 3.06. The summed E-state index contributed by atoms with van der Waals surface area (Å²) in [6.07, 6.45) is 4.45. The van der Waals surface area contributed by atoms with Gasteiger partial charge >= 0.3 is 0 Å². The van der Waals surface area contributed by atoms with Gasteiger partial charge in [0.05, 0.1) is 31.4 Å². The van der Waals surface area contributed by atoms with E-state index in [0.717, 1.165) is 0 Å². The highest BCUT2D eigenvalue weighted by molar-refractivity contribution is 6.13. The molecule has 194 valence electrons. The van der Waals surface area contributed by atoms with Crippen molar-refractivity contribution in [3.63, 3.8) is 0 Å². The fraction of sp³-hybridized carbons (Fsp3) is 0.0741. The second kappa shape index (κ2) is 10.7. The van der Waals surface area contributed by atoms with Gasteiger partial charge < -0.3 is 19.9 Å². The van der Waals surface area contributed by atoms with Crippen molar-refractivity contribution in [3.8, 4) is 29.3 Å². The van der Waals surface area contributed by atoms with E-state index in [0.29, 0.717) is 28.0 Å². The Balaban J connectivity index is 1.56. The predicted octanol–water partition coefficient (Wildman–Crippen LogP) is 4.10. The van der Waals surface area contributed by atoms with Crippen molar-refractivity contribution in [1.29, 1.82) is 5.26 Å². The first kappa shape index (κ1) is 24.8. The zero-order valence-corrected chi connectivity index (χ0v) is 20.8. The summed E-state index contributed by atoms with van der Waals surface area (Å²) in [5, 5.41) is 29.1. The van der Waals surface area contributed by atoms with Crippen molar-refractivity contribution < 1.29 is 19.4 Å². The number of carbonyl (C=O) groups excluding carboxylic acids is 1. The van der Waals surface area contributed by atoms with Crippen molar-refractivity contribution >= 4 is 33.9 Å². The molecule has 0 unspecified atom stereocenters. The average Bonchev–Trinajstić information content (AvgIpc) is 3.39.